The fraction of sp³-hybridized carbons (Fsp3) is 0.348. The Morgan fingerprint density at radius 2 is 1.63 bits per heavy atom. The van der Waals surface area contributed by atoms with Crippen molar-refractivity contribution in [1.82, 2.24) is 15.1 Å². The molecule has 2 aromatic carbocycles. The van der Waals surface area contributed by atoms with Gasteiger partial charge in [-0.05, 0) is 38.7 Å². The van der Waals surface area contributed by atoms with Gasteiger partial charge in [-0.1, -0.05) is 30.3 Å². The molecular formula is C23H27N3O4. The van der Waals surface area contributed by atoms with Crippen molar-refractivity contribution in [3.05, 3.63) is 65.2 Å². The predicted octanol–water partition coefficient (Wildman–Crippen LogP) is 2.49. The van der Waals surface area contributed by atoms with Gasteiger partial charge in [-0.3, -0.25) is 19.3 Å². The molecular weight excluding hydrogens is 382 g/mol. The minimum absolute atomic E-state index is 0.0404. The third-order valence-electron chi connectivity index (χ3n) is 5.28. The fourth-order valence-corrected chi connectivity index (χ4v) is 3.65. The average molecular weight is 409 g/mol. The van der Waals surface area contributed by atoms with Gasteiger partial charge in [0.25, 0.3) is 11.8 Å². The summed E-state index contributed by atoms with van der Waals surface area (Å²) in [5, 5.41) is 2.95. The molecule has 7 nitrogen and oxygen atoms in total. The lowest BCUT2D eigenvalue weighted by molar-refractivity contribution is -0.121. The minimum atomic E-state index is -0.292. The summed E-state index contributed by atoms with van der Waals surface area (Å²) in [6, 6.07) is 14.5. The second-order valence-electron chi connectivity index (χ2n) is 7.44. The number of benzene rings is 2. The van der Waals surface area contributed by atoms with Crippen LogP contribution in [-0.4, -0.2) is 61.8 Å². The van der Waals surface area contributed by atoms with Gasteiger partial charge in [-0.15, -0.1) is 0 Å². The van der Waals surface area contributed by atoms with Crippen molar-refractivity contribution in [3.8, 4) is 5.75 Å². The Morgan fingerprint density at radius 3 is 2.23 bits per heavy atom. The quantitative estimate of drug-likeness (QED) is 0.644. The molecule has 0 bridgehead atoms. The zero-order valence-electron chi connectivity index (χ0n) is 17.6. The Kier molecular flexibility index (Phi) is 6.84. The van der Waals surface area contributed by atoms with Crippen LogP contribution >= 0.6 is 0 Å². The molecule has 1 heterocycles. The fourth-order valence-electron chi connectivity index (χ4n) is 3.65. The first-order chi connectivity index (χ1) is 14.4. The monoisotopic (exact) mass is 409 g/mol. The molecule has 0 unspecified atom stereocenters. The maximum absolute atomic E-state index is 12.4. The van der Waals surface area contributed by atoms with E-state index in [-0.39, 0.29) is 36.7 Å². The highest BCUT2D eigenvalue weighted by Crippen LogP contribution is 2.27. The number of hydrogen-bond donors (Lipinski definition) is 1. The van der Waals surface area contributed by atoms with Gasteiger partial charge in [-0.25, -0.2) is 0 Å². The molecule has 0 spiro atoms. The van der Waals surface area contributed by atoms with Gasteiger partial charge in [0.1, 0.15) is 5.75 Å². The summed E-state index contributed by atoms with van der Waals surface area (Å²) < 4.78 is 5.44. The number of carbonyl (C=O) groups excluding carboxylic acids is 3. The standard InChI is InChI=1S/C23H27N3O4/c1-25(2)19(18-11-6-7-12-20(18)30-3)15-24-21(27)13-8-14-26-22(28)16-9-4-5-10-17(16)23(26)29/h4-7,9-12,19H,8,13-15H2,1-3H3,(H,24,27)/t19-/m0/s1. The Morgan fingerprint density at radius 1 is 1.03 bits per heavy atom. The largest absolute Gasteiger partial charge is 0.496 e. The number of carbonyl (C=O) groups is 3. The van der Waals surface area contributed by atoms with Gasteiger partial charge in [0, 0.05) is 25.1 Å². The lowest BCUT2D eigenvalue weighted by Crippen LogP contribution is -2.35. The molecule has 0 saturated heterocycles. The molecule has 0 aromatic heterocycles. The van der Waals surface area contributed by atoms with Crippen LogP contribution in [0.4, 0.5) is 0 Å². The van der Waals surface area contributed by atoms with Gasteiger partial charge in [0.05, 0.1) is 24.3 Å². The number of likely N-dealkylation sites (N-methyl/N-ethyl adjacent to an activating group) is 1. The summed E-state index contributed by atoms with van der Waals surface area (Å²) in [5.74, 6) is 0.0733. The van der Waals surface area contributed by atoms with Gasteiger partial charge in [0.15, 0.2) is 0 Å². The number of amides is 3. The van der Waals surface area contributed by atoms with Crippen LogP contribution in [-0.2, 0) is 4.79 Å². The number of ether oxygens (including phenoxy) is 1. The van der Waals surface area contributed by atoms with Gasteiger partial charge >= 0.3 is 0 Å². The van der Waals surface area contributed by atoms with Crippen molar-refractivity contribution in [2.45, 2.75) is 18.9 Å². The van der Waals surface area contributed by atoms with E-state index in [2.05, 4.69) is 5.32 Å². The molecule has 0 radical (unpaired) electrons. The maximum Gasteiger partial charge on any atom is 0.261 e. The smallest absolute Gasteiger partial charge is 0.261 e. The highest BCUT2D eigenvalue weighted by molar-refractivity contribution is 6.21. The molecule has 0 fully saturated rings. The van der Waals surface area contributed by atoms with Crippen LogP contribution in [0.25, 0.3) is 0 Å². The van der Waals surface area contributed by atoms with Crippen LogP contribution in [0, 0.1) is 0 Å². The summed E-state index contributed by atoms with van der Waals surface area (Å²) in [4.78, 5) is 40.4. The van der Waals surface area contributed by atoms with E-state index in [0.717, 1.165) is 11.3 Å². The third-order valence-corrected chi connectivity index (χ3v) is 5.28. The summed E-state index contributed by atoms with van der Waals surface area (Å²) >= 11 is 0. The first-order valence-electron chi connectivity index (χ1n) is 9.95. The van der Waals surface area contributed by atoms with E-state index in [1.54, 1.807) is 31.4 Å². The van der Waals surface area contributed by atoms with Crippen molar-refractivity contribution < 1.29 is 19.1 Å². The summed E-state index contributed by atoms with van der Waals surface area (Å²) in [6.07, 6.45) is 0.651. The lowest BCUT2D eigenvalue weighted by Gasteiger charge is -2.26. The Labute approximate surface area is 176 Å². The van der Waals surface area contributed by atoms with E-state index in [9.17, 15) is 14.4 Å². The molecule has 0 saturated carbocycles. The van der Waals surface area contributed by atoms with Crippen molar-refractivity contribution in [2.75, 3.05) is 34.3 Å². The highest BCUT2D eigenvalue weighted by Gasteiger charge is 2.34. The van der Waals surface area contributed by atoms with Crippen LogP contribution < -0.4 is 10.1 Å². The summed E-state index contributed by atoms with van der Waals surface area (Å²) in [5.41, 5.74) is 1.85. The molecule has 2 aromatic rings. The molecule has 1 N–H and O–H groups in total. The van der Waals surface area contributed by atoms with Crippen LogP contribution in [0.1, 0.15) is 45.2 Å². The van der Waals surface area contributed by atoms with Gasteiger partial charge < -0.3 is 15.0 Å². The van der Waals surface area contributed by atoms with E-state index in [0.29, 0.717) is 24.1 Å². The van der Waals surface area contributed by atoms with Crippen molar-refractivity contribution in [3.63, 3.8) is 0 Å². The second-order valence-corrected chi connectivity index (χ2v) is 7.44. The number of nitrogens with one attached hydrogen (secondary N) is 1. The average Bonchev–Trinajstić information content (AvgIpc) is 2.99. The number of fused-ring (bicyclic) bond motifs is 1. The number of nitrogens with zero attached hydrogens (tertiary/aromatic N) is 2. The topological polar surface area (TPSA) is 79.0 Å². The van der Waals surface area contributed by atoms with Crippen molar-refractivity contribution in [1.29, 1.82) is 0 Å². The van der Waals surface area contributed by atoms with E-state index in [1.807, 2.05) is 43.3 Å². The minimum Gasteiger partial charge on any atom is -0.496 e. The first-order valence-corrected chi connectivity index (χ1v) is 9.95. The van der Waals surface area contributed by atoms with E-state index in [1.165, 1.54) is 4.90 Å². The third kappa shape index (κ3) is 4.52. The molecule has 158 valence electrons. The van der Waals surface area contributed by atoms with Crippen LogP contribution in [0.5, 0.6) is 5.75 Å². The SMILES string of the molecule is COc1ccccc1[C@H](CNC(=O)CCCN1C(=O)c2ccccc2C1=O)N(C)C. The number of hydrogen-bond acceptors (Lipinski definition) is 5. The van der Waals surface area contributed by atoms with Gasteiger partial charge in [-0.2, -0.15) is 0 Å². The number of methoxy groups -OCH3 is 1. The Hall–Kier alpha value is -3.19. The molecule has 1 aliphatic heterocycles. The first kappa shape index (κ1) is 21.5. The van der Waals surface area contributed by atoms with Crippen molar-refractivity contribution >= 4 is 17.7 Å². The van der Waals surface area contributed by atoms with Crippen LogP contribution in [0.3, 0.4) is 0 Å². The summed E-state index contributed by atoms with van der Waals surface area (Å²) in [6.45, 7) is 0.655. The Bertz CT molecular complexity index is 907. The molecule has 3 amide bonds. The normalized spacial score (nSPS) is 14.1. The molecule has 1 aliphatic rings. The van der Waals surface area contributed by atoms with Crippen molar-refractivity contribution in [2.24, 2.45) is 0 Å². The maximum atomic E-state index is 12.4. The van der Waals surface area contributed by atoms with Gasteiger partial charge in [0.2, 0.25) is 5.91 Å². The van der Waals surface area contributed by atoms with E-state index >= 15 is 0 Å². The number of imide groups is 1. The van der Waals surface area contributed by atoms with E-state index < -0.39 is 0 Å². The zero-order chi connectivity index (χ0) is 21.7. The number of rotatable bonds is 9. The lowest BCUT2D eigenvalue weighted by atomic mass is 10.0. The summed E-state index contributed by atoms with van der Waals surface area (Å²) in [7, 11) is 5.53. The molecule has 7 heteroatoms. The number of para-hydroxylation sites is 1. The molecule has 0 aliphatic carbocycles. The van der Waals surface area contributed by atoms with Crippen LogP contribution in [0.15, 0.2) is 48.5 Å². The molecule has 3 rings (SSSR count). The highest BCUT2D eigenvalue weighted by atomic mass is 16.5. The molecule has 1 atom stereocenters. The van der Waals surface area contributed by atoms with Crippen LogP contribution in [0.2, 0.25) is 0 Å². The predicted molar refractivity (Wildman–Crippen MR) is 113 cm³/mol. The zero-order valence-corrected chi connectivity index (χ0v) is 17.6. The van der Waals surface area contributed by atoms with E-state index in [4.69, 9.17) is 4.74 Å². The molecule has 30 heavy (non-hydrogen) atoms. The second kappa shape index (κ2) is 9.54. The Balaban J connectivity index is 1.51.